The van der Waals surface area contributed by atoms with Crippen LogP contribution in [-0.4, -0.2) is 15.5 Å². The second-order valence-electron chi connectivity index (χ2n) is 4.46. The third kappa shape index (κ3) is 3.24. The molecule has 5 nitrogen and oxygen atoms in total. The van der Waals surface area contributed by atoms with Gasteiger partial charge in [-0.2, -0.15) is 0 Å². The first-order chi connectivity index (χ1) is 9.47. The first-order valence-corrected chi connectivity index (χ1v) is 6.43. The van der Waals surface area contributed by atoms with Crippen molar-refractivity contribution < 1.29 is 4.79 Å². The average Bonchev–Trinajstić information content (AvgIpc) is 2.38. The Labute approximate surface area is 121 Å². The zero-order chi connectivity index (χ0) is 14.7. The molecule has 0 spiro atoms. The fourth-order valence-electron chi connectivity index (χ4n) is 1.72. The molecule has 0 saturated carbocycles. The molecule has 1 heterocycles. The minimum Gasteiger partial charge on any atom is -0.324 e. The number of hydrogen-bond acceptors (Lipinski definition) is 3. The van der Waals surface area contributed by atoms with Gasteiger partial charge < -0.3 is 5.32 Å². The monoisotopic (exact) mass is 291 g/mol. The lowest BCUT2D eigenvalue weighted by Gasteiger charge is -2.10. The molecule has 0 radical (unpaired) electrons. The average molecular weight is 292 g/mol. The van der Waals surface area contributed by atoms with Crippen LogP contribution in [0, 0.1) is 13.8 Å². The quantitative estimate of drug-likeness (QED) is 0.942. The number of halogens is 1. The number of carbonyl (C=O) groups is 1. The van der Waals surface area contributed by atoms with Gasteiger partial charge in [-0.1, -0.05) is 17.7 Å². The minimum atomic E-state index is -0.303. The molecular weight excluding hydrogens is 278 g/mol. The van der Waals surface area contributed by atoms with Gasteiger partial charge in [0, 0.05) is 22.5 Å². The van der Waals surface area contributed by atoms with Crippen LogP contribution in [0.4, 0.5) is 5.69 Å². The molecule has 0 aliphatic carbocycles. The van der Waals surface area contributed by atoms with E-state index in [1.165, 1.54) is 17.0 Å². The van der Waals surface area contributed by atoms with Gasteiger partial charge in [-0.15, -0.1) is 0 Å². The lowest BCUT2D eigenvalue weighted by Crippen LogP contribution is -2.27. The molecule has 20 heavy (non-hydrogen) atoms. The molecule has 0 unspecified atom stereocenters. The van der Waals surface area contributed by atoms with Crippen LogP contribution in [0.5, 0.6) is 0 Å². The molecule has 1 amide bonds. The number of anilines is 1. The van der Waals surface area contributed by atoms with Gasteiger partial charge in [0.15, 0.2) is 0 Å². The second kappa shape index (κ2) is 5.88. The molecule has 1 N–H and O–H groups in total. The Morgan fingerprint density at radius 1 is 1.40 bits per heavy atom. The number of amides is 1. The Balaban J connectivity index is 2.13. The fraction of sp³-hybridized carbons (Fsp3) is 0.214. The number of hydrogen-bond donors (Lipinski definition) is 1. The normalized spacial score (nSPS) is 10.3. The Kier molecular flexibility index (Phi) is 4.20. The van der Waals surface area contributed by atoms with Crippen molar-refractivity contribution in [2.75, 3.05) is 5.32 Å². The summed E-state index contributed by atoms with van der Waals surface area (Å²) in [4.78, 5) is 27.6. The number of benzene rings is 1. The summed E-state index contributed by atoms with van der Waals surface area (Å²) in [6, 6.07) is 6.65. The molecule has 6 heteroatoms. The molecule has 0 saturated heterocycles. The predicted octanol–water partition coefficient (Wildman–Crippen LogP) is 2.15. The molecule has 0 aliphatic heterocycles. The van der Waals surface area contributed by atoms with Crippen LogP contribution >= 0.6 is 11.6 Å². The highest BCUT2D eigenvalue weighted by Crippen LogP contribution is 2.22. The zero-order valence-electron chi connectivity index (χ0n) is 11.2. The highest BCUT2D eigenvalue weighted by molar-refractivity contribution is 6.31. The van der Waals surface area contributed by atoms with Crippen molar-refractivity contribution in [3.63, 3.8) is 0 Å². The molecule has 2 rings (SSSR count). The van der Waals surface area contributed by atoms with Gasteiger partial charge in [0.05, 0.1) is 6.33 Å². The topological polar surface area (TPSA) is 64.0 Å². The van der Waals surface area contributed by atoms with Crippen LogP contribution in [0.25, 0.3) is 0 Å². The first-order valence-electron chi connectivity index (χ1n) is 6.05. The van der Waals surface area contributed by atoms with Crippen molar-refractivity contribution in [3.05, 3.63) is 57.2 Å². The van der Waals surface area contributed by atoms with Crippen LogP contribution < -0.4 is 10.9 Å². The predicted molar refractivity (Wildman–Crippen MR) is 78.1 cm³/mol. The van der Waals surface area contributed by atoms with Gasteiger partial charge in [-0.25, -0.2) is 4.98 Å². The van der Waals surface area contributed by atoms with Crippen LogP contribution in [0.2, 0.25) is 5.02 Å². The summed E-state index contributed by atoms with van der Waals surface area (Å²) in [5.41, 5.74) is 1.79. The third-order valence-electron chi connectivity index (χ3n) is 2.87. The van der Waals surface area contributed by atoms with E-state index in [4.69, 9.17) is 11.6 Å². The van der Waals surface area contributed by atoms with Gasteiger partial charge in [0.25, 0.3) is 5.56 Å². The van der Waals surface area contributed by atoms with E-state index in [0.717, 1.165) is 5.56 Å². The Hall–Kier alpha value is -2.14. The van der Waals surface area contributed by atoms with E-state index < -0.39 is 0 Å². The number of nitrogens with one attached hydrogen (secondary N) is 1. The van der Waals surface area contributed by atoms with Gasteiger partial charge in [0.1, 0.15) is 6.54 Å². The van der Waals surface area contributed by atoms with Crippen molar-refractivity contribution in [1.82, 2.24) is 9.55 Å². The smallest absolute Gasteiger partial charge is 0.253 e. The molecule has 1 aromatic heterocycles. The molecule has 1 aromatic carbocycles. The molecule has 0 bridgehead atoms. The van der Waals surface area contributed by atoms with Gasteiger partial charge in [-0.05, 0) is 31.5 Å². The molecule has 104 valence electrons. The molecule has 0 aliphatic rings. The second-order valence-corrected chi connectivity index (χ2v) is 4.86. The van der Waals surface area contributed by atoms with Crippen molar-refractivity contribution in [1.29, 1.82) is 0 Å². The summed E-state index contributed by atoms with van der Waals surface area (Å²) in [5.74, 6) is -0.303. The summed E-state index contributed by atoms with van der Waals surface area (Å²) in [6.07, 6.45) is 1.36. The zero-order valence-corrected chi connectivity index (χ0v) is 11.9. The van der Waals surface area contributed by atoms with Crippen molar-refractivity contribution in [2.24, 2.45) is 0 Å². The molecule has 0 atom stereocenters. The van der Waals surface area contributed by atoms with Crippen molar-refractivity contribution in [3.8, 4) is 0 Å². The maximum Gasteiger partial charge on any atom is 0.253 e. The summed E-state index contributed by atoms with van der Waals surface area (Å²) in [6.45, 7) is 3.46. The number of carbonyl (C=O) groups excluding carboxylic acids is 1. The highest BCUT2D eigenvalue weighted by Gasteiger charge is 2.08. The molecule has 0 fully saturated rings. The number of nitrogens with zero attached hydrogens (tertiary/aromatic N) is 2. The van der Waals surface area contributed by atoms with Crippen LogP contribution in [0.3, 0.4) is 0 Å². The Morgan fingerprint density at radius 2 is 2.15 bits per heavy atom. The Bertz CT molecular complexity index is 710. The largest absolute Gasteiger partial charge is 0.324 e. The summed E-state index contributed by atoms with van der Waals surface area (Å²) >= 11 is 5.98. The van der Waals surface area contributed by atoms with E-state index in [9.17, 15) is 9.59 Å². The van der Waals surface area contributed by atoms with Crippen molar-refractivity contribution in [2.45, 2.75) is 20.4 Å². The van der Waals surface area contributed by atoms with Crippen LogP contribution in [0.15, 0.2) is 35.4 Å². The minimum absolute atomic E-state index is 0.0853. The van der Waals surface area contributed by atoms with E-state index in [-0.39, 0.29) is 18.0 Å². The molecular formula is C14H14ClN3O2. The summed E-state index contributed by atoms with van der Waals surface area (Å²) in [7, 11) is 0. The standard InChI is InChI=1S/C14H14ClN3O2/c1-9-6-14(20)18(8-16-9)7-13(19)17-12-5-3-4-11(15)10(12)2/h3-6,8H,7H2,1-2H3,(H,17,19). The van der Waals surface area contributed by atoms with Gasteiger partial charge in [0.2, 0.25) is 5.91 Å². The number of aromatic nitrogens is 2. The highest BCUT2D eigenvalue weighted by atomic mass is 35.5. The lowest BCUT2D eigenvalue weighted by molar-refractivity contribution is -0.116. The van der Waals surface area contributed by atoms with E-state index in [2.05, 4.69) is 10.3 Å². The SMILES string of the molecule is Cc1cc(=O)n(CC(=O)Nc2cccc(Cl)c2C)cn1. The maximum atomic E-state index is 11.9. The van der Waals surface area contributed by atoms with Crippen molar-refractivity contribution >= 4 is 23.2 Å². The first kappa shape index (κ1) is 14.3. The van der Waals surface area contributed by atoms with E-state index >= 15 is 0 Å². The van der Waals surface area contributed by atoms with Gasteiger partial charge in [-0.3, -0.25) is 14.2 Å². The summed E-state index contributed by atoms with van der Waals surface area (Å²) < 4.78 is 1.25. The molecule has 2 aromatic rings. The van der Waals surface area contributed by atoms with Crippen LogP contribution in [-0.2, 0) is 11.3 Å². The third-order valence-corrected chi connectivity index (χ3v) is 3.28. The number of rotatable bonds is 3. The van der Waals surface area contributed by atoms with E-state index in [1.807, 2.05) is 6.92 Å². The van der Waals surface area contributed by atoms with Gasteiger partial charge >= 0.3 is 0 Å². The van der Waals surface area contributed by atoms with Crippen LogP contribution in [0.1, 0.15) is 11.3 Å². The lowest BCUT2D eigenvalue weighted by atomic mass is 10.2. The fourth-order valence-corrected chi connectivity index (χ4v) is 1.90. The summed E-state index contributed by atoms with van der Waals surface area (Å²) in [5, 5.41) is 3.31. The number of aryl methyl sites for hydroxylation is 1. The Morgan fingerprint density at radius 3 is 2.85 bits per heavy atom. The van der Waals surface area contributed by atoms with E-state index in [0.29, 0.717) is 16.4 Å². The maximum absolute atomic E-state index is 11.9. The van der Waals surface area contributed by atoms with E-state index in [1.54, 1.807) is 25.1 Å².